The summed E-state index contributed by atoms with van der Waals surface area (Å²) in [5.74, 6) is 0.907. The van der Waals surface area contributed by atoms with Crippen LogP contribution in [0.25, 0.3) is 0 Å². The van der Waals surface area contributed by atoms with Gasteiger partial charge in [-0.1, -0.05) is 12.1 Å². The van der Waals surface area contributed by atoms with Gasteiger partial charge in [0.05, 0.1) is 31.9 Å². The van der Waals surface area contributed by atoms with Gasteiger partial charge in [0.2, 0.25) is 0 Å². The third kappa shape index (κ3) is 4.24. The number of ether oxygens (including phenoxy) is 2. The average molecular weight is 401 g/mol. The second-order valence-corrected chi connectivity index (χ2v) is 8.37. The Labute approximate surface area is 170 Å². The summed E-state index contributed by atoms with van der Waals surface area (Å²) >= 11 is 1.74. The molecule has 2 heterocycles. The molecule has 5 nitrogen and oxygen atoms in total. The summed E-state index contributed by atoms with van der Waals surface area (Å²) in [5, 5.41) is 5.26. The van der Waals surface area contributed by atoms with E-state index < -0.39 is 0 Å². The fraction of sp³-hybridized carbons (Fsp3) is 0.500. The number of nitrogens with one attached hydrogen (secondary N) is 1. The Hall–Kier alpha value is -1.89. The molecule has 1 atom stereocenters. The minimum Gasteiger partial charge on any atom is -0.497 e. The van der Waals surface area contributed by atoms with E-state index in [0.717, 1.165) is 50.5 Å². The Morgan fingerprint density at radius 3 is 2.71 bits per heavy atom. The van der Waals surface area contributed by atoms with Gasteiger partial charge in [-0.3, -0.25) is 9.69 Å². The Bertz CT molecular complexity index is 797. The molecule has 4 rings (SSSR count). The molecule has 0 saturated carbocycles. The number of methoxy groups -OCH3 is 1. The second-order valence-electron chi connectivity index (χ2n) is 7.41. The van der Waals surface area contributed by atoms with Gasteiger partial charge in [-0.25, -0.2) is 0 Å². The quantitative estimate of drug-likeness (QED) is 0.807. The van der Waals surface area contributed by atoms with E-state index in [-0.39, 0.29) is 11.9 Å². The normalized spacial score (nSPS) is 18.3. The Balaban J connectivity index is 1.48. The van der Waals surface area contributed by atoms with Gasteiger partial charge in [0.15, 0.2) is 0 Å². The van der Waals surface area contributed by atoms with Crippen LogP contribution in [0.2, 0.25) is 0 Å². The molecule has 1 amide bonds. The van der Waals surface area contributed by atoms with Gasteiger partial charge in [0, 0.05) is 29.9 Å². The van der Waals surface area contributed by atoms with Crippen molar-refractivity contribution < 1.29 is 14.3 Å². The van der Waals surface area contributed by atoms with Crippen molar-refractivity contribution in [2.24, 2.45) is 0 Å². The Kier molecular flexibility index (Phi) is 6.29. The van der Waals surface area contributed by atoms with Crippen LogP contribution in [0.5, 0.6) is 5.75 Å². The largest absolute Gasteiger partial charge is 0.497 e. The molecule has 1 fully saturated rings. The number of morpholine rings is 1. The van der Waals surface area contributed by atoms with Crippen molar-refractivity contribution in [3.05, 3.63) is 51.2 Å². The number of hydrogen-bond acceptors (Lipinski definition) is 5. The predicted octanol–water partition coefficient (Wildman–Crippen LogP) is 3.44. The SMILES string of the molecule is COc1ccc(C(CNC(=O)c2csc3c2CCCC3)N2CCOCC2)cc1. The van der Waals surface area contributed by atoms with E-state index in [1.807, 2.05) is 17.5 Å². The smallest absolute Gasteiger partial charge is 0.252 e. The fourth-order valence-electron chi connectivity index (χ4n) is 4.14. The van der Waals surface area contributed by atoms with Crippen LogP contribution in [-0.4, -0.2) is 50.8 Å². The van der Waals surface area contributed by atoms with Crippen molar-refractivity contribution in [1.29, 1.82) is 0 Å². The lowest BCUT2D eigenvalue weighted by atomic mass is 9.95. The topological polar surface area (TPSA) is 50.8 Å². The van der Waals surface area contributed by atoms with E-state index in [0.29, 0.717) is 6.54 Å². The first-order valence-corrected chi connectivity index (χ1v) is 11.0. The number of hydrogen-bond donors (Lipinski definition) is 1. The van der Waals surface area contributed by atoms with Crippen molar-refractivity contribution in [3.63, 3.8) is 0 Å². The molecule has 1 aliphatic carbocycles. The minimum absolute atomic E-state index is 0.0613. The molecule has 1 saturated heterocycles. The zero-order valence-electron chi connectivity index (χ0n) is 16.4. The molecule has 6 heteroatoms. The number of rotatable bonds is 6. The molecule has 1 N–H and O–H groups in total. The number of aryl methyl sites for hydroxylation is 1. The molecule has 1 aromatic heterocycles. The molecule has 150 valence electrons. The number of carbonyl (C=O) groups is 1. The van der Waals surface area contributed by atoms with Crippen LogP contribution in [-0.2, 0) is 17.6 Å². The molecule has 2 aromatic rings. The van der Waals surface area contributed by atoms with Crippen molar-refractivity contribution in [3.8, 4) is 5.75 Å². The first-order valence-electron chi connectivity index (χ1n) is 10.1. The van der Waals surface area contributed by atoms with Gasteiger partial charge in [-0.15, -0.1) is 11.3 Å². The molecule has 2 aliphatic rings. The number of amides is 1. The van der Waals surface area contributed by atoms with Gasteiger partial charge in [-0.2, -0.15) is 0 Å². The lowest BCUT2D eigenvalue weighted by molar-refractivity contribution is 0.0162. The number of carbonyl (C=O) groups excluding carboxylic acids is 1. The lowest BCUT2D eigenvalue weighted by Gasteiger charge is -2.35. The molecule has 28 heavy (non-hydrogen) atoms. The summed E-state index contributed by atoms with van der Waals surface area (Å²) in [4.78, 5) is 16.7. The first-order chi connectivity index (χ1) is 13.8. The summed E-state index contributed by atoms with van der Waals surface area (Å²) < 4.78 is 10.8. The van der Waals surface area contributed by atoms with E-state index >= 15 is 0 Å². The van der Waals surface area contributed by atoms with Crippen LogP contribution < -0.4 is 10.1 Å². The molecular formula is C22H28N2O3S. The molecule has 0 spiro atoms. The molecule has 1 aliphatic heterocycles. The number of fused-ring (bicyclic) bond motifs is 1. The van der Waals surface area contributed by atoms with Crippen molar-refractivity contribution in [1.82, 2.24) is 10.2 Å². The third-order valence-corrected chi connectivity index (χ3v) is 6.84. The number of benzene rings is 1. The summed E-state index contributed by atoms with van der Waals surface area (Å²) in [7, 11) is 1.68. The van der Waals surface area contributed by atoms with Crippen LogP contribution in [0.15, 0.2) is 29.6 Å². The maximum absolute atomic E-state index is 12.9. The zero-order chi connectivity index (χ0) is 19.3. The predicted molar refractivity (Wildman–Crippen MR) is 111 cm³/mol. The van der Waals surface area contributed by atoms with Gasteiger partial charge < -0.3 is 14.8 Å². The van der Waals surface area contributed by atoms with Gasteiger partial charge in [-0.05, 0) is 48.9 Å². The summed E-state index contributed by atoms with van der Waals surface area (Å²) in [6, 6.07) is 8.29. The monoisotopic (exact) mass is 400 g/mol. The highest BCUT2D eigenvalue weighted by Crippen LogP contribution is 2.30. The molecular weight excluding hydrogens is 372 g/mol. The van der Waals surface area contributed by atoms with Crippen LogP contribution in [0.3, 0.4) is 0 Å². The van der Waals surface area contributed by atoms with Gasteiger partial charge in [0.25, 0.3) is 5.91 Å². The highest BCUT2D eigenvalue weighted by atomic mass is 32.1. The molecule has 1 aromatic carbocycles. The van der Waals surface area contributed by atoms with Crippen molar-refractivity contribution >= 4 is 17.2 Å². The van der Waals surface area contributed by atoms with E-state index in [1.54, 1.807) is 18.4 Å². The number of thiophene rings is 1. The van der Waals surface area contributed by atoms with E-state index in [1.165, 1.54) is 28.8 Å². The summed E-state index contributed by atoms with van der Waals surface area (Å²) in [5.41, 5.74) is 3.35. The van der Waals surface area contributed by atoms with Crippen molar-refractivity contribution in [2.45, 2.75) is 31.7 Å². The summed E-state index contributed by atoms with van der Waals surface area (Å²) in [6.07, 6.45) is 4.58. The molecule has 0 bridgehead atoms. The molecule has 1 unspecified atom stereocenters. The maximum Gasteiger partial charge on any atom is 0.252 e. The lowest BCUT2D eigenvalue weighted by Crippen LogP contribution is -2.43. The zero-order valence-corrected chi connectivity index (χ0v) is 17.2. The van der Waals surface area contributed by atoms with Crippen LogP contribution >= 0.6 is 11.3 Å². The number of nitrogens with zero attached hydrogens (tertiary/aromatic N) is 1. The van der Waals surface area contributed by atoms with Gasteiger partial charge >= 0.3 is 0 Å². The van der Waals surface area contributed by atoms with Gasteiger partial charge in [0.1, 0.15) is 5.75 Å². The molecule has 0 radical (unpaired) electrons. The summed E-state index contributed by atoms with van der Waals surface area (Å²) in [6.45, 7) is 3.81. The van der Waals surface area contributed by atoms with Crippen LogP contribution in [0, 0.1) is 0 Å². The Morgan fingerprint density at radius 2 is 1.96 bits per heavy atom. The minimum atomic E-state index is 0.0613. The highest BCUT2D eigenvalue weighted by molar-refractivity contribution is 7.10. The first kappa shape index (κ1) is 19.4. The van der Waals surface area contributed by atoms with E-state index in [4.69, 9.17) is 9.47 Å². The highest BCUT2D eigenvalue weighted by Gasteiger charge is 2.25. The maximum atomic E-state index is 12.9. The van der Waals surface area contributed by atoms with E-state index in [9.17, 15) is 4.79 Å². The second kappa shape index (κ2) is 9.07. The van der Waals surface area contributed by atoms with E-state index in [2.05, 4.69) is 22.3 Å². The van der Waals surface area contributed by atoms with Crippen molar-refractivity contribution in [2.75, 3.05) is 40.0 Å². The Morgan fingerprint density at radius 1 is 1.21 bits per heavy atom. The standard InChI is InChI=1S/C22H28N2O3S/c1-26-17-8-6-16(7-9-17)20(24-10-12-27-13-11-24)14-23-22(25)19-15-28-21-5-3-2-4-18(19)21/h6-9,15,20H,2-5,10-14H2,1H3,(H,23,25). The average Bonchev–Trinajstić information content (AvgIpc) is 3.19. The third-order valence-electron chi connectivity index (χ3n) is 5.75. The fourth-order valence-corrected chi connectivity index (χ4v) is 5.27. The van der Waals surface area contributed by atoms with Crippen LogP contribution in [0.4, 0.5) is 0 Å². The van der Waals surface area contributed by atoms with Crippen LogP contribution in [0.1, 0.15) is 45.2 Å².